The molecule has 4 heteroatoms. The minimum Gasteiger partial charge on any atom is -0.311 e. The molecule has 2 heterocycles. The van der Waals surface area contributed by atoms with Crippen molar-refractivity contribution < 1.29 is 4.11 Å². The molecule has 0 amide bonds. The van der Waals surface area contributed by atoms with Crippen LogP contribution in [0.5, 0.6) is 0 Å². The van der Waals surface area contributed by atoms with Crippen LogP contribution in [0.3, 0.4) is 0 Å². The molecule has 0 saturated carbocycles. The zero-order valence-corrected chi connectivity index (χ0v) is 47.3. The molecule has 0 aromatic heterocycles. The van der Waals surface area contributed by atoms with Gasteiger partial charge in [-0.3, -0.25) is 0 Å². The van der Waals surface area contributed by atoms with Crippen molar-refractivity contribution in [3.8, 4) is 11.1 Å². The molecule has 2 aliphatic heterocycles. The minimum absolute atomic E-state index is 0.0273. The second-order valence-electron chi connectivity index (χ2n) is 27.3. The Morgan fingerprint density at radius 1 is 0.447 bits per heavy atom. The monoisotopic (exact) mass is 997 g/mol. The first-order valence-corrected chi connectivity index (χ1v) is 28.1. The Morgan fingerprint density at radius 2 is 1.00 bits per heavy atom. The molecule has 8 aromatic carbocycles. The third kappa shape index (κ3) is 7.14. The van der Waals surface area contributed by atoms with E-state index in [0.29, 0.717) is 5.56 Å². The third-order valence-corrected chi connectivity index (χ3v) is 19.1. The molecule has 0 saturated heterocycles. The number of hydrogen-bond acceptors (Lipinski definition) is 3. The molecule has 5 aliphatic rings. The van der Waals surface area contributed by atoms with E-state index in [0.717, 1.165) is 82.3 Å². The number of nitrogens with zero attached hydrogens (tertiary/aromatic N) is 3. The van der Waals surface area contributed by atoms with Crippen molar-refractivity contribution in [2.24, 2.45) is 0 Å². The van der Waals surface area contributed by atoms with Gasteiger partial charge in [0.25, 0.3) is 6.71 Å². The normalized spacial score (nSPS) is 19.1. The van der Waals surface area contributed by atoms with Gasteiger partial charge in [-0.2, -0.15) is 0 Å². The first-order valence-electron chi connectivity index (χ1n) is 29.6. The molecule has 0 bridgehead atoms. The maximum absolute atomic E-state index is 9.44. The van der Waals surface area contributed by atoms with Crippen LogP contribution in [0.2, 0.25) is 0 Å². The highest BCUT2D eigenvalue weighted by atomic mass is 15.2. The van der Waals surface area contributed by atoms with Crippen molar-refractivity contribution in [3.05, 3.63) is 202 Å². The molecular weight excluding hydrogens is 918 g/mol. The van der Waals surface area contributed by atoms with Crippen LogP contribution in [-0.2, 0) is 32.5 Å². The summed E-state index contributed by atoms with van der Waals surface area (Å²) in [6.07, 6.45) is 4.39. The van der Waals surface area contributed by atoms with Gasteiger partial charge in [0.05, 0.1) is 5.69 Å². The maximum atomic E-state index is 9.44. The molecule has 0 spiro atoms. The van der Waals surface area contributed by atoms with Gasteiger partial charge in [0.15, 0.2) is 0 Å². The Morgan fingerprint density at radius 3 is 1.62 bits per heavy atom. The average Bonchev–Trinajstić information content (AvgIpc) is 2.73. The summed E-state index contributed by atoms with van der Waals surface area (Å²) in [7, 11) is 0. The maximum Gasteiger partial charge on any atom is 0.252 e. The molecule has 76 heavy (non-hydrogen) atoms. The molecule has 8 aromatic rings. The number of hydrogen-bond donors (Lipinski definition) is 0. The first kappa shape index (κ1) is 45.4. The summed E-state index contributed by atoms with van der Waals surface area (Å²) in [5, 5.41) is 0. The zero-order chi connectivity index (χ0) is 55.7. The van der Waals surface area contributed by atoms with Gasteiger partial charge in [-0.05, 0) is 204 Å². The van der Waals surface area contributed by atoms with Crippen LogP contribution in [0.4, 0.5) is 51.2 Å². The van der Waals surface area contributed by atoms with Crippen LogP contribution >= 0.6 is 0 Å². The van der Waals surface area contributed by atoms with Crippen LogP contribution in [-0.4, -0.2) is 6.71 Å². The largest absolute Gasteiger partial charge is 0.311 e. The van der Waals surface area contributed by atoms with E-state index in [1.165, 1.54) is 61.0 Å². The molecule has 0 radical (unpaired) electrons. The number of aryl methyl sites for hydroxylation is 1. The molecule has 0 N–H and O–H groups in total. The van der Waals surface area contributed by atoms with E-state index >= 15 is 0 Å². The number of fused-ring (bicyclic) bond motifs is 9. The Hall–Kier alpha value is -6.78. The molecule has 382 valence electrons. The number of benzene rings is 8. The molecule has 3 nitrogen and oxygen atoms in total. The van der Waals surface area contributed by atoms with E-state index in [1.807, 2.05) is 12.1 Å². The summed E-state index contributed by atoms with van der Waals surface area (Å²) >= 11 is 0. The topological polar surface area (TPSA) is 9.72 Å². The molecule has 0 fully saturated rings. The first-order chi connectivity index (χ1) is 37.2. The molecule has 0 atom stereocenters. The van der Waals surface area contributed by atoms with Crippen LogP contribution in [0.25, 0.3) is 11.1 Å². The standard InChI is InChI=1S/C72H76BN3/c1-45-39-62-66-63(40-45)76(59-34-31-51-50-27-21-22-28-52(50)72(13,14)64(51)65(59)67(2,3)4)60-42-49(74(46-23-17-15-18-24-46)47-25-19-16-20-26-47)30-33-57(60)73(66)58-43-55-56(71(11,12)38-37-70(55,9)10)44-61(58)75(62)48-29-32-53-54(41-48)69(7,8)36-35-68(53,5)6/h15-34,39-44H,35-38H2,1-14H3/i1D3. The smallest absolute Gasteiger partial charge is 0.252 e. The molecule has 3 aliphatic carbocycles. The molecule has 13 rings (SSSR count). The van der Waals surface area contributed by atoms with E-state index in [4.69, 9.17) is 0 Å². The Kier molecular flexibility index (Phi) is 9.79. The lowest BCUT2D eigenvalue weighted by Crippen LogP contribution is -2.62. The minimum atomic E-state index is -2.42. The van der Waals surface area contributed by atoms with Crippen molar-refractivity contribution in [3.63, 3.8) is 0 Å². The molecular formula is C72H76BN3. The highest BCUT2D eigenvalue weighted by Gasteiger charge is 2.49. The number of para-hydroxylation sites is 2. The van der Waals surface area contributed by atoms with Gasteiger partial charge in [-0.25, -0.2) is 0 Å². The van der Waals surface area contributed by atoms with E-state index in [2.05, 4.69) is 250 Å². The van der Waals surface area contributed by atoms with Gasteiger partial charge in [0.2, 0.25) is 0 Å². The number of anilines is 9. The van der Waals surface area contributed by atoms with Crippen molar-refractivity contribution in [2.45, 2.75) is 155 Å². The lowest BCUT2D eigenvalue weighted by atomic mass is 9.33. The van der Waals surface area contributed by atoms with Gasteiger partial charge in [-0.15, -0.1) is 0 Å². The van der Waals surface area contributed by atoms with Gasteiger partial charge in [-0.1, -0.05) is 175 Å². The van der Waals surface area contributed by atoms with Crippen LogP contribution in [0, 0.1) is 6.85 Å². The predicted octanol–water partition coefficient (Wildman–Crippen LogP) is 17.8. The lowest BCUT2D eigenvalue weighted by Gasteiger charge is -2.48. The van der Waals surface area contributed by atoms with E-state index in [1.54, 1.807) is 0 Å². The summed E-state index contributed by atoms with van der Waals surface area (Å²) in [5.41, 5.74) is 24.5. The highest BCUT2D eigenvalue weighted by molar-refractivity contribution is 7.00. The van der Waals surface area contributed by atoms with Crippen molar-refractivity contribution in [1.29, 1.82) is 0 Å². The van der Waals surface area contributed by atoms with Crippen LogP contribution in [0.1, 0.15) is 164 Å². The van der Waals surface area contributed by atoms with E-state index in [9.17, 15) is 4.11 Å². The summed E-state index contributed by atoms with van der Waals surface area (Å²) in [6.45, 7) is 28.6. The predicted molar refractivity (Wildman–Crippen MR) is 327 cm³/mol. The summed E-state index contributed by atoms with van der Waals surface area (Å²) < 4.78 is 28.3. The lowest BCUT2D eigenvalue weighted by molar-refractivity contribution is 0.332. The van der Waals surface area contributed by atoms with E-state index < -0.39 is 6.85 Å². The molecule has 0 unspecified atom stereocenters. The summed E-state index contributed by atoms with van der Waals surface area (Å²) in [4.78, 5) is 7.36. The SMILES string of the molecule is [2H]C([2H])([2H])c1cc2c3c(c1)N(c1ccc4c(c1C(C)(C)C)C(C)(C)c1ccccc1-4)c1cc(N(c4ccccc4)c4ccccc4)ccc1B3c1cc3c(cc1N2c1ccc2c(c1)C(C)(C)CCC2(C)C)C(C)(C)CCC3(C)C. The average molecular weight is 997 g/mol. The van der Waals surface area contributed by atoms with Gasteiger partial charge >= 0.3 is 0 Å². The van der Waals surface area contributed by atoms with Crippen LogP contribution < -0.4 is 31.1 Å². The van der Waals surface area contributed by atoms with Crippen molar-refractivity contribution in [1.82, 2.24) is 0 Å². The van der Waals surface area contributed by atoms with Gasteiger partial charge < -0.3 is 14.7 Å². The Balaban J connectivity index is 1.19. The fourth-order valence-electron chi connectivity index (χ4n) is 14.8. The number of rotatable bonds is 5. The van der Waals surface area contributed by atoms with Crippen molar-refractivity contribution >= 4 is 74.3 Å². The fourth-order valence-corrected chi connectivity index (χ4v) is 14.8. The Labute approximate surface area is 459 Å². The second-order valence-corrected chi connectivity index (χ2v) is 27.3. The Bertz CT molecular complexity index is 3780. The quantitative estimate of drug-likeness (QED) is 0.159. The van der Waals surface area contributed by atoms with Gasteiger partial charge in [0.1, 0.15) is 0 Å². The second kappa shape index (κ2) is 16.4. The third-order valence-electron chi connectivity index (χ3n) is 19.1. The fraction of sp³-hybridized carbons (Fsp3) is 0.333. The van der Waals surface area contributed by atoms with Crippen LogP contribution in [0.15, 0.2) is 158 Å². The summed E-state index contributed by atoms with van der Waals surface area (Å²) in [6, 6.07) is 58.6. The zero-order valence-electron chi connectivity index (χ0n) is 50.3. The highest BCUT2D eigenvalue weighted by Crippen LogP contribution is 2.58. The van der Waals surface area contributed by atoms with Crippen molar-refractivity contribution in [2.75, 3.05) is 14.7 Å². The van der Waals surface area contributed by atoms with E-state index in [-0.39, 0.29) is 39.2 Å². The van der Waals surface area contributed by atoms with Gasteiger partial charge in [0, 0.05) is 55.0 Å². The summed E-state index contributed by atoms with van der Waals surface area (Å²) in [5.74, 6) is 0.